The summed E-state index contributed by atoms with van der Waals surface area (Å²) in [7, 11) is 0. The van der Waals surface area contributed by atoms with Crippen molar-refractivity contribution in [2.45, 2.75) is 6.43 Å². The quantitative estimate of drug-likeness (QED) is 0.622. The number of pyridine rings is 1. The van der Waals surface area contributed by atoms with Crippen LogP contribution in [0.15, 0.2) is 10.7 Å². The number of hydrogen-bond donors (Lipinski definition) is 0. The van der Waals surface area contributed by atoms with Gasteiger partial charge < -0.3 is 0 Å². The number of rotatable bonds is 2. The van der Waals surface area contributed by atoms with Gasteiger partial charge in [-0.25, -0.2) is 13.8 Å². The van der Waals surface area contributed by atoms with Crippen LogP contribution in [0.2, 0.25) is 0 Å². The normalized spacial score (nSPS) is 10.1. The summed E-state index contributed by atoms with van der Waals surface area (Å²) in [6, 6.07) is 2.67. The largest absolute Gasteiger partial charge is 0.281 e. The van der Waals surface area contributed by atoms with Crippen molar-refractivity contribution in [3.8, 4) is 6.07 Å². The van der Waals surface area contributed by atoms with Crippen LogP contribution in [-0.2, 0) is 0 Å². The van der Waals surface area contributed by atoms with Crippen LogP contribution < -0.4 is 0 Å². The minimum Gasteiger partial charge on any atom is -0.276 e. The van der Waals surface area contributed by atoms with Crippen molar-refractivity contribution in [2.75, 3.05) is 0 Å². The Labute approximate surface area is 96.8 Å². The number of alkyl halides is 2. The van der Waals surface area contributed by atoms with Gasteiger partial charge >= 0.3 is 0 Å². The molecule has 0 aliphatic carbocycles. The fourth-order valence-electron chi connectivity index (χ4n) is 0.906. The van der Waals surface area contributed by atoms with E-state index in [0.29, 0.717) is 0 Å². The first-order valence-corrected chi connectivity index (χ1v) is 4.73. The van der Waals surface area contributed by atoms with Gasteiger partial charge in [0.1, 0.15) is 16.4 Å². The van der Waals surface area contributed by atoms with E-state index >= 15 is 0 Å². The molecule has 0 N–H and O–H groups in total. The molecule has 0 saturated heterocycles. The first kappa shape index (κ1) is 12.0. The van der Waals surface area contributed by atoms with Crippen molar-refractivity contribution in [1.29, 1.82) is 5.26 Å². The monoisotopic (exact) mass is 294 g/mol. The van der Waals surface area contributed by atoms with Crippen molar-refractivity contribution in [2.24, 2.45) is 0 Å². The van der Waals surface area contributed by atoms with Gasteiger partial charge in [0.15, 0.2) is 0 Å². The number of carbonyl (C=O) groups is 1. The Morgan fingerprint density at radius 3 is 2.67 bits per heavy atom. The standard InChI is InChI=1S/C8H2BrClF2N2O/c9-6-3(2-13)1-4(7(10)15)5(14-6)8(11)12/h1,8H. The maximum atomic E-state index is 12.4. The number of halogens is 4. The van der Waals surface area contributed by atoms with Crippen LogP contribution in [-0.4, -0.2) is 10.2 Å². The highest BCUT2D eigenvalue weighted by molar-refractivity contribution is 9.10. The van der Waals surface area contributed by atoms with E-state index < -0.39 is 22.9 Å². The third-order valence-corrected chi connectivity index (χ3v) is 2.35. The predicted octanol–water partition coefficient (Wildman–Crippen LogP) is 3.03. The number of aromatic nitrogens is 1. The van der Waals surface area contributed by atoms with Gasteiger partial charge in [0, 0.05) is 0 Å². The van der Waals surface area contributed by atoms with E-state index in [0.717, 1.165) is 6.07 Å². The Bertz CT molecular complexity index is 459. The molecular weight excluding hydrogens is 293 g/mol. The number of hydrogen-bond acceptors (Lipinski definition) is 3. The van der Waals surface area contributed by atoms with Crippen LogP contribution in [0.25, 0.3) is 0 Å². The summed E-state index contributed by atoms with van der Waals surface area (Å²) in [5, 5.41) is 7.52. The Hall–Kier alpha value is -1.06. The van der Waals surface area contributed by atoms with Crippen molar-refractivity contribution in [1.82, 2.24) is 4.98 Å². The lowest BCUT2D eigenvalue weighted by Gasteiger charge is -2.05. The second kappa shape index (κ2) is 4.64. The van der Waals surface area contributed by atoms with Crippen LogP contribution in [0.5, 0.6) is 0 Å². The van der Waals surface area contributed by atoms with Gasteiger partial charge in [0.05, 0.1) is 11.1 Å². The van der Waals surface area contributed by atoms with Gasteiger partial charge in [-0.15, -0.1) is 0 Å². The molecule has 0 amide bonds. The fourth-order valence-corrected chi connectivity index (χ4v) is 1.45. The molecule has 15 heavy (non-hydrogen) atoms. The van der Waals surface area contributed by atoms with Gasteiger partial charge in [0.2, 0.25) is 0 Å². The molecule has 0 fully saturated rings. The highest BCUT2D eigenvalue weighted by Gasteiger charge is 2.21. The predicted molar refractivity (Wildman–Crippen MR) is 51.8 cm³/mol. The Morgan fingerprint density at radius 1 is 1.67 bits per heavy atom. The van der Waals surface area contributed by atoms with E-state index in [1.54, 1.807) is 6.07 Å². The number of carbonyl (C=O) groups excluding carboxylic acids is 1. The van der Waals surface area contributed by atoms with Gasteiger partial charge in [0.25, 0.3) is 11.7 Å². The first-order valence-electron chi connectivity index (χ1n) is 3.56. The summed E-state index contributed by atoms with van der Waals surface area (Å²) in [4.78, 5) is 14.2. The third kappa shape index (κ3) is 2.49. The van der Waals surface area contributed by atoms with Gasteiger partial charge in [-0.05, 0) is 33.6 Å². The topological polar surface area (TPSA) is 53.8 Å². The average Bonchev–Trinajstić information content (AvgIpc) is 2.16. The molecule has 0 saturated carbocycles. The van der Waals surface area contributed by atoms with Crippen LogP contribution in [0.4, 0.5) is 8.78 Å². The Balaban J connectivity index is 3.47. The molecule has 1 aromatic rings. The third-order valence-electron chi connectivity index (χ3n) is 1.54. The van der Waals surface area contributed by atoms with Crippen LogP contribution >= 0.6 is 27.5 Å². The van der Waals surface area contributed by atoms with Crippen molar-refractivity contribution >= 4 is 32.8 Å². The zero-order chi connectivity index (χ0) is 11.6. The molecule has 0 aromatic carbocycles. The molecule has 1 heterocycles. The summed E-state index contributed by atoms with van der Waals surface area (Å²) >= 11 is 7.93. The summed E-state index contributed by atoms with van der Waals surface area (Å²) < 4.78 is 24.8. The lowest BCUT2D eigenvalue weighted by molar-refractivity contribution is 0.106. The molecule has 3 nitrogen and oxygen atoms in total. The van der Waals surface area contributed by atoms with E-state index in [1.165, 1.54) is 0 Å². The van der Waals surface area contributed by atoms with E-state index in [4.69, 9.17) is 16.9 Å². The lowest BCUT2D eigenvalue weighted by atomic mass is 10.1. The average molecular weight is 295 g/mol. The molecule has 0 radical (unpaired) electrons. The highest BCUT2D eigenvalue weighted by Crippen LogP contribution is 2.26. The molecule has 0 aliphatic rings. The second-order valence-electron chi connectivity index (χ2n) is 2.45. The molecule has 0 aliphatic heterocycles. The lowest BCUT2D eigenvalue weighted by Crippen LogP contribution is -2.03. The Morgan fingerprint density at radius 2 is 2.27 bits per heavy atom. The zero-order valence-corrected chi connectivity index (χ0v) is 9.31. The summed E-state index contributed by atoms with van der Waals surface area (Å²) in [6.45, 7) is 0. The molecule has 7 heteroatoms. The van der Waals surface area contributed by atoms with Crippen molar-refractivity contribution < 1.29 is 13.6 Å². The molecule has 0 unspecified atom stereocenters. The summed E-state index contributed by atoms with van der Waals surface area (Å²) in [5.41, 5.74) is -1.21. The van der Waals surface area contributed by atoms with Crippen LogP contribution in [0.1, 0.15) is 28.0 Å². The van der Waals surface area contributed by atoms with Gasteiger partial charge in [-0.1, -0.05) is 0 Å². The molecule has 78 valence electrons. The fraction of sp³-hybridized carbons (Fsp3) is 0.125. The van der Waals surface area contributed by atoms with E-state index in [-0.39, 0.29) is 10.2 Å². The van der Waals surface area contributed by atoms with Gasteiger partial charge in [-0.2, -0.15) is 5.26 Å². The van der Waals surface area contributed by atoms with E-state index in [2.05, 4.69) is 20.9 Å². The smallest absolute Gasteiger partial charge is 0.276 e. The van der Waals surface area contributed by atoms with Crippen LogP contribution in [0, 0.1) is 11.3 Å². The van der Waals surface area contributed by atoms with Gasteiger partial charge in [-0.3, -0.25) is 4.79 Å². The minimum absolute atomic E-state index is 0.0246. The van der Waals surface area contributed by atoms with E-state index in [1.807, 2.05) is 0 Å². The first-order chi connectivity index (χ1) is 6.97. The number of nitriles is 1. The van der Waals surface area contributed by atoms with E-state index in [9.17, 15) is 13.6 Å². The molecule has 0 bridgehead atoms. The highest BCUT2D eigenvalue weighted by atomic mass is 79.9. The molecule has 0 atom stereocenters. The Kier molecular flexibility index (Phi) is 3.72. The number of nitrogens with zero attached hydrogens (tertiary/aromatic N) is 2. The zero-order valence-electron chi connectivity index (χ0n) is 6.97. The van der Waals surface area contributed by atoms with Crippen LogP contribution in [0.3, 0.4) is 0 Å². The molecule has 0 spiro atoms. The summed E-state index contributed by atoms with van der Waals surface area (Å²) in [6.07, 6.45) is -2.92. The molecule has 1 rings (SSSR count). The maximum absolute atomic E-state index is 12.4. The summed E-state index contributed by atoms with van der Waals surface area (Å²) in [5.74, 6) is 0. The molecule has 1 aromatic heterocycles. The van der Waals surface area contributed by atoms with Crippen molar-refractivity contribution in [3.05, 3.63) is 27.5 Å². The second-order valence-corrected chi connectivity index (χ2v) is 3.54. The van der Waals surface area contributed by atoms with Crippen molar-refractivity contribution in [3.63, 3.8) is 0 Å². The maximum Gasteiger partial charge on any atom is 0.281 e. The minimum atomic E-state index is -2.92. The SMILES string of the molecule is N#Cc1cc(C(=O)Cl)c(C(F)F)nc1Br. The molecular formula is C8H2BrClF2N2O.